The van der Waals surface area contributed by atoms with E-state index in [0.717, 1.165) is 17.0 Å². The molecule has 1 atom stereocenters. The second-order valence-electron chi connectivity index (χ2n) is 7.09. The number of amides is 1. The van der Waals surface area contributed by atoms with Gasteiger partial charge in [-0.05, 0) is 11.5 Å². The fourth-order valence-electron chi connectivity index (χ4n) is 3.06. The molecule has 0 aliphatic carbocycles. The number of carbonyl (C=O) groups excluding carboxylic acids is 1. The van der Waals surface area contributed by atoms with Crippen molar-refractivity contribution >= 4 is 32.2 Å². The van der Waals surface area contributed by atoms with Crippen molar-refractivity contribution in [3.63, 3.8) is 0 Å². The lowest BCUT2D eigenvalue weighted by Gasteiger charge is -2.33. The van der Waals surface area contributed by atoms with Gasteiger partial charge < -0.3 is 0 Å². The summed E-state index contributed by atoms with van der Waals surface area (Å²) in [5.41, 5.74) is 0.834. The van der Waals surface area contributed by atoms with Gasteiger partial charge in [-0.15, -0.1) is 10.2 Å². The van der Waals surface area contributed by atoms with Gasteiger partial charge in [0.2, 0.25) is 11.0 Å². The van der Waals surface area contributed by atoms with Crippen LogP contribution in [0.25, 0.3) is 0 Å². The first-order valence-corrected chi connectivity index (χ1v) is 11.6. The van der Waals surface area contributed by atoms with Crippen LogP contribution in [0, 0.1) is 5.92 Å². The molecule has 1 N–H and O–H groups in total. The first-order valence-electron chi connectivity index (χ1n) is 8.97. The molecule has 0 saturated carbocycles. The highest BCUT2D eigenvalue weighted by molar-refractivity contribution is 7.91. The van der Waals surface area contributed by atoms with E-state index in [0.29, 0.717) is 24.1 Å². The van der Waals surface area contributed by atoms with Gasteiger partial charge in [0.15, 0.2) is 9.84 Å². The number of nitrogens with zero attached hydrogens (tertiary/aromatic N) is 3. The second-order valence-corrected chi connectivity index (χ2v) is 10.5. The lowest BCUT2D eigenvalue weighted by Crippen LogP contribution is -2.46. The third-order valence-corrected chi connectivity index (χ3v) is 6.86. The smallest absolute Gasteiger partial charge is 0.248 e. The fourth-order valence-corrected chi connectivity index (χ4v) is 5.24. The quantitative estimate of drug-likeness (QED) is 0.787. The first kappa shape index (κ1) is 19.9. The van der Waals surface area contributed by atoms with E-state index in [1.165, 1.54) is 11.3 Å². The van der Waals surface area contributed by atoms with Crippen molar-refractivity contribution in [2.24, 2.45) is 5.92 Å². The zero-order valence-electron chi connectivity index (χ0n) is 15.5. The molecule has 2 heterocycles. The zero-order chi connectivity index (χ0) is 19.4. The zero-order valence-corrected chi connectivity index (χ0v) is 17.1. The van der Waals surface area contributed by atoms with E-state index in [2.05, 4.69) is 29.4 Å². The maximum Gasteiger partial charge on any atom is 0.248 e. The van der Waals surface area contributed by atoms with Crippen LogP contribution in [0.3, 0.4) is 0 Å². The van der Waals surface area contributed by atoms with Gasteiger partial charge in [0.1, 0.15) is 11.0 Å². The van der Waals surface area contributed by atoms with Gasteiger partial charge in [-0.25, -0.2) is 8.42 Å². The highest BCUT2D eigenvalue weighted by Crippen LogP contribution is 2.26. The van der Waals surface area contributed by atoms with Crippen molar-refractivity contribution in [2.45, 2.75) is 26.3 Å². The first-order chi connectivity index (χ1) is 12.8. The third kappa shape index (κ3) is 5.33. The molecule has 1 aromatic heterocycles. The van der Waals surface area contributed by atoms with Crippen LogP contribution in [0.15, 0.2) is 30.3 Å². The summed E-state index contributed by atoms with van der Waals surface area (Å²) < 4.78 is 23.5. The summed E-state index contributed by atoms with van der Waals surface area (Å²) in [7, 11) is -3.02. The molecule has 1 aliphatic heterocycles. The standard InChI is InChI=1S/C18H24N4O3S2/c1-13(2)12-15-20-21-18(26-15)19-17(23)16(14-6-4-3-5-7-14)22-8-10-27(24,25)11-9-22/h3-7,13,16H,8-12H2,1-2H3,(H,19,21,23). The Kier molecular flexibility index (Phi) is 6.23. The SMILES string of the molecule is CC(C)Cc1nnc(NC(=O)C(c2ccccc2)N2CCS(=O)(=O)CC2)s1. The van der Waals surface area contributed by atoms with Gasteiger partial charge >= 0.3 is 0 Å². The minimum Gasteiger partial charge on any atom is -0.299 e. The van der Waals surface area contributed by atoms with Crippen LogP contribution in [-0.2, 0) is 21.1 Å². The molecule has 1 aliphatic rings. The topological polar surface area (TPSA) is 92.3 Å². The molecule has 7 nitrogen and oxygen atoms in total. The van der Waals surface area contributed by atoms with Gasteiger partial charge in [0, 0.05) is 19.5 Å². The van der Waals surface area contributed by atoms with Crippen LogP contribution < -0.4 is 5.32 Å². The molecule has 27 heavy (non-hydrogen) atoms. The van der Waals surface area contributed by atoms with Crippen LogP contribution in [0.4, 0.5) is 5.13 Å². The third-order valence-electron chi connectivity index (χ3n) is 4.39. The summed E-state index contributed by atoms with van der Waals surface area (Å²) in [5.74, 6) is 0.392. The van der Waals surface area contributed by atoms with Crippen molar-refractivity contribution < 1.29 is 13.2 Å². The predicted octanol–water partition coefficient (Wildman–Crippen LogP) is 2.15. The van der Waals surface area contributed by atoms with Gasteiger partial charge in [-0.3, -0.25) is 15.0 Å². The van der Waals surface area contributed by atoms with Crippen molar-refractivity contribution in [1.29, 1.82) is 0 Å². The molecule has 2 aromatic rings. The Hall–Kier alpha value is -1.84. The average Bonchev–Trinajstić information content (AvgIpc) is 3.03. The van der Waals surface area contributed by atoms with Crippen molar-refractivity contribution in [3.05, 3.63) is 40.9 Å². The Morgan fingerprint density at radius 3 is 2.48 bits per heavy atom. The van der Waals surface area contributed by atoms with Crippen molar-refractivity contribution in [3.8, 4) is 0 Å². The number of hydrogen-bond acceptors (Lipinski definition) is 7. The van der Waals surface area contributed by atoms with E-state index >= 15 is 0 Å². The summed E-state index contributed by atoms with van der Waals surface area (Å²) >= 11 is 1.38. The van der Waals surface area contributed by atoms with Gasteiger partial charge in [0.25, 0.3) is 0 Å². The normalized spacial score (nSPS) is 18.3. The maximum atomic E-state index is 13.0. The Labute approximate surface area is 163 Å². The van der Waals surface area contributed by atoms with Crippen molar-refractivity contribution in [1.82, 2.24) is 15.1 Å². The molecular weight excluding hydrogens is 384 g/mol. The summed E-state index contributed by atoms with van der Waals surface area (Å²) in [4.78, 5) is 15.0. The van der Waals surface area contributed by atoms with Crippen LogP contribution in [0.2, 0.25) is 0 Å². The number of nitrogens with one attached hydrogen (secondary N) is 1. The molecule has 0 bridgehead atoms. The molecule has 1 saturated heterocycles. The second kappa shape index (κ2) is 8.45. The molecule has 0 spiro atoms. The van der Waals surface area contributed by atoms with Gasteiger partial charge in [0.05, 0.1) is 11.5 Å². The molecule has 0 radical (unpaired) electrons. The molecule has 3 rings (SSSR count). The van der Waals surface area contributed by atoms with Crippen molar-refractivity contribution in [2.75, 3.05) is 29.9 Å². The van der Waals surface area contributed by atoms with E-state index < -0.39 is 15.9 Å². The number of anilines is 1. The van der Waals surface area contributed by atoms with E-state index in [4.69, 9.17) is 0 Å². The summed E-state index contributed by atoms with van der Waals surface area (Å²) in [5, 5.41) is 12.4. The Bertz CT molecular complexity index is 867. The lowest BCUT2D eigenvalue weighted by atomic mass is 10.0. The largest absolute Gasteiger partial charge is 0.299 e. The number of aromatic nitrogens is 2. The summed E-state index contributed by atoms with van der Waals surface area (Å²) in [6.45, 7) is 4.89. The Balaban J connectivity index is 1.78. The molecule has 1 fully saturated rings. The predicted molar refractivity (Wildman–Crippen MR) is 106 cm³/mol. The number of hydrogen-bond donors (Lipinski definition) is 1. The molecular formula is C18H24N4O3S2. The maximum absolute atomic E-state index is 13.0. The van der Waals surface area contributed by atoms with Crippen LogP contribution in [0.1, 0.15) is 30.5 Å². The summed E-state index contributed by atoms with van der Waals surface area (Å²) in [6.07, 6.45) is 0.819. The lowest BCUT2D eigenvalue weighted by molar-refractivity contribution is -0.121. The van der Waals surface area contributed by atoms with E-state index in [9.17, 15) is 13.2 Å². The Morgan fingerprint density at radius 2 is 1.85 bits per heavy atom. The molecule has 1 aromatic carbocycles. The number of sulfone groups is 1. The van der Waals surface area contributed by atoms with E-state index in [-0.39, 0.29) is 17.4 Å². The minimum atomic E-state index is -3.02. The van der Waals surface area contributed by atoms with Gasteiger partial charge in [-0.1, -0.05) is 55.5 Å². The number of benzene rings is 1. The fraction of sp³-hybridized carbons (Fsp3) is 0.500. The molecule has 9 heteroatoms. The van der Waals surface area contributed by atoms with Crippen LogP contribution in [0.5, 0.6) is 0 Å². The Morgan fingerprint density at radius 1 is 1.19 bits per heavy atom. The number of carbonyl (C=O) groups is 1. The van der Waals surface area contributed by atoms with Crippen LogP contribution >= 0.6 is 11.3 Å². The summed E-state index contributed by atoms with van der Waals surface area (Å²) in [6, 6.07) is 8.86. The van der Waals surface area contributed by atoms with E-state index in [1.807, 2.05) is 35.2 Å². The monoisotopic (exact) mass is 408 g/mol. The van der Waals surface area contributed by atoms with Gasteiger partial charge in [-0.2, -0.15) is 0 Å². The number of rotatable bonds is 6. The van der Waals surface area contributed by atoms with Crippen LogP contribution in [-0.4, -0.2) is 54.0 Å². The van der Waals surface area contributed by atoms with E-state index in [1.54, 1.807) is 0 Å². The highest BCUT2D eigenvalue weighted by atomic mass is 32.2. The average molecular weight is 409 g/mol. The molecule has 146 valence electrons. The minimum absolute atomic E-state index is 0.0704. The molecule has 1 unspecified atom stereocenters. The highest BCUT2D eigenvalue weighted by Gasteiger charge is 2.33. The molecule has 1 amide bonds.